The molecule has 0 atom stereocenters. The van der Waals surface area contributed by atoms with Crippen LogP contribution in [0.5, 0.6) is 0 Å². The molecule has 3 saturated heterocycles. The summed E-state index contributed by atoms with van der Waals surface area (Å²) in [6, 6.07) is 0. The van der Waals surface area contributed by atoms with Gasteiger partial charge in [0.15, 0.2) is 0 Å². The highest BCUT2D eigenvalue weighted by Gasteiger charge is 2.43. The van der Waals surface area contributed by atoms with Gasteiger partial charge in [0.25, 0.3) is 0 Å². The molecule has 3 fully saturated rings. The van der Waals surface area contributed by atoms with Crippen LogP contribution >= 0.6 is 0 Å². The smallest absolute Gasteiger partial charge is 0.475 e. The second kappa shape index (κ2) is 5.53. The summed E-state index contributed by atoms with van der Waals surface area (Å²) in [4.78, 5) is 39.4. The number of ketones is 2. The van der Waals surface area contributed by atoms with E-state index in [0.717, 1.165) is 39.3 Å². The lowest BCUT2D eigenvalue weighted by molar-refractivity contribution is -0.192. The van der Waals surface area contributed by atoms with E-state index in [4.69, 9.17) is 9.90 Å². The Morgan fingerprint density at radius 3 is 1.71 bits per heavy atom. The predicted molar refractivity (Wildman–Crippen MR) is 73.5 cm³/mol. The van der Waals surface area contributed by atoms with Gasteiger partial charge in [0, 0.05) is 45.3 Å². The topological polar surface area (TPSA) is 80.5 Å². The molecule has 0 radical (unpaired) electrons. The highest BCUT2D eigenvalue weighted by molar-refractivity contribution is 6.22. The van der Waals surface area contributed by atoms with E-state index in [1.165, 1.54) is 6.08 Å². The minimum absolute atomic E-state index is 0.00546. The van der Waals surface area contributed by atoms with Crippen LogP contribution in [0.4, 0.5) is 13.2 Å². The summed E-state index contributed by atoms with van der Waals surface area (Å²) < 4.78 is 31.7. The molecule has 1 aliphatic carbocycles. The van der Waals surface area contributed by atoms with Crippen molar-refractivity contribution in [2.24, 2.45) is 0 Å². The number of Topliss-reactive ketones (excluding diaryl/α,β-unsaturated/α-hetero) is 1. The average Bonchev–Trinajstić information content (AvgIpc) is 3.36. The van der Waals surface area contributed by atoms with Gasteiger partial charge in [-0.05, 0) is 0 Å². The SMILES string of the molecule is O=C(O)C(F)(F)F.O=C1C=C(N2CC2)C(=O)C(N2CC2)=C1N1CC1. The molecule has 0 unspecified atom stereocenters. The molecule has 7 nitrogen and oxygen atoms in total. The molecule has 0 spiro atoms. The van der Waals surface area contributed by atoms with Crippen molar-refractivity contribution in [1.29, 1.82) is 0 Å². The number of alkyl halides is 3. The van der Waals surface area contributed by atoms with Gasteiger partial charge in [-0.3, -0.25) is 9.59 Å². The number of carboxylic acid groups (broad SMARTS) is 1. The van der Waals surface area contributed by atoms with E-state index < -0.39 is 12.1 Å². The van der Waals surface area contributed by atoms with E-state index >= 15 is 0 Å². The lowest BCUT2D eigenvalue weighted by Crippen LogP contribution is -2.29. The molecule has 4 rings (SSSR count). The third-order valence-corrected chi connectivity index (χ3v) is 3.73. The number of halogens is 3. The molecule has 10 heteroatoms. The maximum absolute atomic E-state index is 12.4. The van der Waals surface area contributed by atoms with Crippen LogP contribution < -0.4 is 0 Å². The highest BCUT2D eigenvalue weighted by Crippen LogP contribution is 2.33. The second-order valence-corrected chi connectivity index (χ2v) is 5.68. The maximum Gasteiger partial charge on any atom is 0.490 e. The van der Waals surface area contributed by atoms with Crippen molar-refractivity contribution in [1.82, 2.24) is 14.7 Å². The van der Waals surface area contributed by atoms with Crippen LogP contribution in [0.3, 0.4) is 0 Å². The summed E-state index contributed by atoms with van der Waals surface area (Å²) in [5.41, 5.74) is 1.89. The zero-order valence-electron chi connectivity index (χ0n) is 12.5. The maximum atomic E-state index is 12.4. The zero-order valence-corrected chi connectivity index (χ0v) is 12.5. The van der Waals surface area contributed by atoms with Crippen molar-refractivity contribution >= 4 is 17.5 Å². The Bertz CT molecular complexity index is 671. The number of carbonyl (C=O) groups is 3. The summed E-state index contributed by atoms with van der Waals surface area (Å²) in [7, 11) is 0. The molecule has 0 amide bonds. The first kappa shape index (κ1) is 16.3. The molecule has 0 saturated carbocycles. The van der Waals surface area contributed by atoms with Crippen molar-refractivity contribution in [2.75, 3.05) is 39.3 Å². The van der Waals surface area contributed by atoms with E-state index in [9.17, 15) is 22.8 Å². The minimum atomic E-state index is -5.08. The first-order valence-corrected chi connectivity index (χ1v) is 7.30. The highest BCUT2D eigenvalue weighted by atomic mass is 19.4. The molecule has 0 aromatic heterocycles. The Kier molecular flexibility index (Phi) is 3.77. The fourth-order valence-corrected chi connectivity index (χ4v) is 2.28. The van der Waals surface area contributed by atoms with Crippen molar-refractivity contribution in [3.8, 4) is 0 Å². The third kappa shape index (κ3) is 3.36. The molecule has 0 aromatic rings. The van der Waals surface area contributed by atoms with E-state index in [1.807, 2.05) is 14.7 Å². The van der Waals surface area contributed by atoms with Crippen LogP contribution in [0.1, 0.15) is 0 Å². The van der Waals surface area contributed by atoms with Crippen LogP contribution in [0.2, 0.25) is 0 Å². The fraction of sp³-hybridized carbons (Fsp3) is 0.500. The Labute approximate surface area is 134 Å². The average molecular weight is 345 g/mol. The van der Waals surface area contributed by atoms with Crippen LogP contribution in [-0.4, -0.2) is 82.8 Å². The van der Waals surface area contributed by atoms with Crippen LogP contribution in [0, 0.1) is 0 Å². The van der Waals surface area contributed by atoms with E-state index in [0.29, 0.717) is 17.1 Å². The van der Waals surface area contributed by atoms with Gasteiger partial charge in [0.05, 0.1) is 5.70 Å². The molecule has 4 aliphatic rings. The van der Waals surface area contributed by atoms with Gasteiger partial charge >= 0.3 is 12.1 Å². The van der Waals surface area contributed by atoms with Gasteiger partial charge in [0.1, 0.15) is 11.4 Å². The van der Waals surface area contributed by atoms with Gasteiger partial charge in [-0.25, -0.2) is 4.79 Å². The molecule has 0 aromatic carbocycles. The van der Waals surface area contributed by atoms with E-state index in [2.05, 4.69) is 0 Å². The van der Waals surface area contributed by atoms with Gasteiger partial charge in [-0.2, -0.15) is 13.2 Å². The normalized spacial score (nSPS) is 22.1. The quantitative estimate of drug-likeness (QED) is 0.561. The molecule has 0 bridgehead atoms. The van der Waals surface area contributed by atoms with Crippen molar-refractivity contribution in [3.05, 3.63) is 23.2 Å². The summed E-state index contributed by atoms with van der Waals surface area (Å²) >= 11 is 0. The lowest BCUT2D eigenvalue weighted by Gasteiger charge is -2.21. The van der Waals surface area contributed by atoms with Crippen molar-refractivity contribution in [3.63, 3.8) is 0 Å². The Balaban J connectivity index is 0.000000209. The van der Waals surface area contributed by atoms with Crippen LogP contribution in [0.25, 0.3) is 0 Å². The predicted octanol–water partition coefficient (Wildman–Crippen LogP) is -0.186. The standard InChI is InChI=1S/C12H13N3O2.C2HF3O2/c16-9-7-8(13-1-2-13)12(17)11(15-5-6-15)10(9)14-3-4-14;3-2(4,5)1(6)7/h7H,1-6H2;(H,6,7). The largest absolute Gasteiger partial charge is 0.490 e. The number of carboxylic acids is 1. The number of allylic oxidation sites excluding steroid dienone is 1. The number of carbonyl (C=O) groups excluding carboxylic acids is 2. The minimum Gasteiger partial charge on any atom is -0.475 e. The Hall–Kier alpha value is -2.52. The first-order valence-electron chi connectivity index (χ1n) is 7.30. The molecular weight excluding hydrogens is 331 g/mol. The molecular formula is C14H14F3N3O4. The monoisotopic (exact) mass is 345 g/mol. The van der Waals surface area contributed by atoms with Crippen molar-refractivity contribution in [2.45, 2.75) is 6.18 Å². The van der Waals surface area contributed by atoms with E-state index in [-0.39, 0.29) is 11.6 Å². The summed E-state index contributed by atoms with van der Waals surface area (Å²) in [6.07, 6.45) is -3.56. The summed E-state index contributed by atoms with van der Waals surface area (Å²) in [5, 5.41) is 7.12. The molecule has 3 aliphatic heterocycles. The number of hydrogen-bond acceptors (Lipinski definition) is 6. The second-order valence-electron chi connectivity index (χ2n) is 5.68. The molecule has 130 valence electrons. The van der Waals surface area contributed by atoms with Gasteiger partial charge in [0.2, 0.25) is 11.6 Å². The molecule has 24 heavy (non-hydrogen) atoms. The van der Waals surface area contributed by atoms with E-state index in [1.54, 1.807) is 0 Å². The number of hydrogen-bond donors (Lipinski definition) is 1. The first-order chi connectivity index (χ1) is 11.2. The van der Waals surface area contributed by atoms with Crippen LogP contribution in [0.15, 0.2) is 23.2 Å². The third-order valence-electron chi connectivity index (χ3n) is 3.73. The Morgan fingerprint density at radius 1 is 0.917 bits per heavy atom. The summed E-state index contributed by atoms with van der Waals surface area (Å²) in [5.74, 6) is -2.71. The fourth-order valence-electron chi connectivity index (χ4n) is 2.28. The zero-order chi connectivity index (χ0) is 17.6. The van der Waals surface area contributed by atoms with Gasteiger partial charge in [-0.15, -0.1) is 0 Å². The molecule has 3 heterocycles. The Morgan fingerprint density at radius 2 is 1.33 bits per heavy atom. The number of nitrogens with zero attached hydrogens (tertiary/aromatic N) is 3. The lowest BCUT2D eigenvalue weighted by atomic mass is 10.0. The van der Waals surface area contributed by atoms with Gasteiger partial charge in [-0.1, -0.05) is 0 Å². The van der Waals surface area contributed by atoms with Crippen molar-refractivity contribution < 1.29 is 32.7 Å². The number of aliphatic carboxylic acids is 1. The van der Waals surface area contributed by atoms with Gasteiger partial charge < -0.3 is 19.8 Å². The number of rotatable bonds is 3. The van der Waals surface area contributed by atoms with Crippen LogP contribution in [-0.2, 0) is 14.4 Å². The summed E-state index contributed by atoms with van der Waals surface area (Å²) in [6.45, 7) is 5.41. The molecule has 1 N–H and O–H groups in total.